The van der Waals surface area contributed by atoms with Crippen LogP contribution in [0.2, 0.25) is 0 Å². The Morgan fingerprint density at radius 2 is 1.62 bits per heavy atom. The average molecular weight is 893 g/mol. The van der Waals surface area contributed by atoms with E-state index >= 15 is 0 Å². The van der Waals surface area contributed by atoms with Crippen LogP contribution < -0.4 is 15.2 Å². The summed E-state index contributed by atoms with van der Waals surface area (Å²) < 4.78 is 45.2. The average Bonchev–Trinajstić information content (AvgIpc) is 3.86. The van der Waals surface area contributed by atoms with Gasteiger partial charge in [-0.2, -0.15) is 13.7 Å². The van der Waals surface area contributed by atoms with E-state index in [1.54, 1.807) is 51.3 Å². The standard InChI is InChI=1S/C45H36N10O7S2/c1-25-21-34(51-52-40-26(2)31(24-46)42-48-32-14-7-8-15-35(32)55(42)45(40)57)37(62-19-10-20-64(58,59)60)23-33(25)50-54-44-39(41(47)56)38(28-11-5-4-6-12-28)43(63-44)53-49-29-18-17-27-13-9-16-36(61-3)30(27)22-29/h4-9,11-18,21-23,57H,10,19-20H2,1-3H3,(H2,47,56)(H,58,59,60). The van der Waals surface area contributed by atoms with Crippen molar-refractivity contribution < 1.29 is 32.3 Å². The number of pyridine rings is 1. The smallest absolute Gasteiger partial charge is 0.264 e. The Morgan fingerprint density at radius 1 is 0.875 bits per heavy atom. The number of azo groups is 3. The highest BCUT2D eigenvalue weighted by atomic mass is 32.2. The minimum atomic E-state index is -4.27. The summed E-state index contributed by atoms with van der Waals surface area (Å²) in [6.07, 6.45) is -0.0700. The predicted octanol–water partition coefficient (Wildman–Crippen LogP) is 11.6. The zero-order valence-corrected chi connectivity index (χ0v) is 35.9. The molecule has 0 spiro atoms. The van der Waals surface area contributed by atoms with Gasteiger partial charge in [0, 0.05) is 22.6 Å². The molecule has 64 heavy (non-hydrogen) atoms. The fraction of sp³-hybridized carbons (Fsp3) is 0.133. The molecule has 0 radical (unpaired) electrons. The summed E-state index contributed by atoms with van der Waals surface area (Å²) in [5.41, 5.74) is 10.6. The quantitative estimate of drug-likeness (QED) is 0.0532. The number of carbonyl (C=O) groups is 1. The van der Waals surface area contributed by atoms with Gasteiger partial charge in [-0.1, -0.05) is 72.0 Å². The van der Waals surface area contributed by atoms with E-state index in [1.165, 1.54) is 10.5 Å². The van der Waals surface area contributed by atoms with E-state index < -0.39 is 21.8 Å². The number of rotatable bonds is 14. The van der Waals surface area contributed by atoms with Crippen LogP contribution >= 0.6 is 11.3 Å². The van der Waals surface area contributed by atoms with E-state index in [9.17, 15) is 28.1 Å². The number of benzene rings is 5. The highest BCUT2D eigenvalue weighted by Crippen LogP contribution is 2.49. The maximum Gasteiger partial charge on any atom is 0.264 e. The van der Waals surface area contributed by atoms with Gasteiger partial charge in [-0.15, -0.1) is 30.7 Å². The number of aryl methyl sites for hydroxylation is 1. The second kappa shape index (κ2) is 17.8. The van der Waals surface area contributed by atoms with Crippen molar-refractivity contribution in [2.75, 3.05) is 19.5 Å². The molecule has 0 aliphatic carbocycles. The van der Waals surface area contributed by atoms with Crippen LogP contribution in [-0.4, -0.2) is 52.8 Å². The minimum absolute atomic E-state index is 0.00476. The van der Waals surface area contributed by atoms with Crippen LogP contribution in [-0.2, 0) is 10.1 Å². The van der Waals surface area contributed by atoms with Gasteiger partial charge >= 0.3 is 0 Å². The van der Waals surface area contributed by atoms with Gasteiger partial charge in [-0.05, 0) is 73.2 Å². The van der Waals surface area contributed by atoms with Gasteiger partial charge in [0.05, 0.1) is 47.4 Å². The molecule has 3 heterocycles. The van der Waals surface area contributed by atoms with Crippen molar-refractivity contribution in [2.24, 2.45) is 36.4 Å². The van der Waals surface area contributed by atoms with Gasteiger partial charge in [-0.3, -0.25) is 13.7 Å². The molecule has 0 aliphatic rings. The van der Waals surface area contributed by atoms with Gasteiger partial charge < -0.3 is 20.3 Å². The lowest BCUT2D eigenvalue weighted by Crippen LogP contribution is -2.11. The number of thiophene rings is 1. The second-order valence-electron chi connectivity index (χ2n) is 14.3. The molecule has 0 aliphatic heterocycles. The lowest BCUT2D eigenvalue weighted by atomic mass is 10.0. The first-order valence-electron chi connectivity index (χ1n) is 19.4. The molecule has 0 saturated carbocycles. The number of amides is 1. The van der Waals surface area contributed by atoms with E-state index in [-0.39, 0.29) is 63.5 Å². The van der Waals surface area contributed by atoms with E-state index in [0.29, 0.717) is 49.7 Å². The van der Waals surface area contributed by atoms with E-state index in [0.717, 1.165) is 22.1 Å². The van der Waals surface area contributed by atoms with Crippen LogP contribution in [0.4, 0.5) is 32.8 Å². The molecule has 8 aromatic rings. The molecule has 0 saturated heterocycles. The number of aromatic nitrogens is 2. The maximum atomic E-state index is 13.2. The van der Waals surface area contributed by atoms with Crippen LogP contribution in [0.3, 0.4) is 0 Å². The lowest BCUT2D eigenvalue weighted by Gasteiger charge is -2.12. The number of nitriles is 1. The Hall–Kier alpha value is -7.92. The molecule has 0 bridgehead atoms. The number of carbonyl (C=O) groups excluding carboxylic acids is 1. The number of fused-ring (bicyclic) bond motifs is 4. The van der Waals surface area contributed by atoms with Crippen LogP contribution in [0.15, 0.2) is 134 Å². The Labute approximate surface area is 369 Å². The first kappa shape index (κ1) is 42.8. The van der Waals surface area contributed by atoms with Gasteiger partial charge in [-0.25, -0.2) is 4.98 Å². The number of ether oxygens (including phenoxy) is 2. The molecule has 5 aromatic carbocycles. The second-order valence-corrected chi connectivity index (χ2v) is 16.8. The highest BCUT2D eigenvalue weighted by Gasteiger charge is 2.25. The molecule has 0 unspecified atom stereocenters. The Balaban J connectivity index is 1.20. The number of para-hydroxylation sites is 2. The summed E-state index contributed by atoms with van der Waals surface area (Å²) in [5.74, 6) is -0.848. The number of hydrogen-bond acceptors (Lipinski definition) is 15. The first-order chi connectivity index (χ1) is 30.8. The Bertz CT molecular complexity index is 3390. The third-order valence-electron chi connectivity index (χ3n) is 10.1. The Kier molecular flexibility index (Phi) is 11.9. The van der Waals surface area contributed by atoms with Crippen molar-refractivity contribution in [3.05, 3.63) is 125 Å². The fourth-order valence-electron chi connectivity index (χ4n) is 7.04. The summed E-state index contributed by atoms with van der Waals surface area (Å²) in [6, 6.07) is 32.7. The van der Waals surface area contributed by atoms with Gasteiger partial charge in [0.25, 0.3) is 16.0 Å². The molecule has 19 heteroatoms. The molecule has 320 valence electrons. The molecule has 8 rings (SSSR count). The van der Waals surface area contributed by atoms with Crippen molar-refractivity contribution in [3.63, 3.8) is 0 Å². The van der Waals surface area contributed by atoms with Gasteiger partial charge in [0.2, 0.25) is 5.88 Å². The van der Waals surface area contributed by atoms with Crippen molar-refractivity contribution in [1.29, 1.82) is 5.26 Å². The lowest BCUT2D eigenvalue weighted by molar-refractivity contribution is 0.100. The van der Waals surface area contributed by atoms with Crippen molar-refractivity contribution >= 4 is 87.6 Å². The third-order valence-corrected chi connectivity index (χ3v) is 11.9. The number of hydrogen-bond donors (Lipinski definition) is 3. The van der Waals surface area contributed by atoms with Crippen molar-refractivity contribution in [3.8, 4) is 34.6 Å². The Morgan fingerprint density at radius 3 is 2.38 bits per heavy atom. The number of nitrogens with zero attached hydrogens (tertiary/aromatic N) is 9. The SMILES string of the molecule is COc1cccc2ccc(N=Nc3sc(N=Nc4cc(OCCCS(=O)(=O)O)c(N=Nc5c(C)c(C#N)c6nc7ccccc7n6c5O)cc4C)c(C(N)=O)c3-c3ccccc3)cc12. The number of nitrogens with two attached hydrogens (primary N) is 1. The first-order valence-corrected chi connectivity index (χ1v) is 21.9. The number of methoxy groups -OCH3 is 1. The largest absolute Gasteiger partial charge is 0.496 e. The van der Waals surface area contributed by atoms with Gasteiger partial charge in [0.1, 0.15) is 33.8 Å². The summed E-state index contributed by atoms with van der Waals surface area (Å²) in [6.45, 7) is 3.19. The monoisotopic (exact) mass is 892 g/mol. The molecule has 0 atom stereocenters. The molecule has 0 fully saturated rings. The number of imidazole rings is 1. The predicted molar refractivity (Wildman–Crippen MR) is 243 cm³/mol. The van der Waals surface area contributed by atoms with Crippen LogP contribution in [0.1, 0.15) is 33.5 Å². The fourth-order valence-corrected chi connectivity index (χ4v) is 8.49. The number of aromatic hydroxyl groups is 1. The molecule has 17 nitrogen and oxygen atoms in total. The molecule has 3 aromatic heterocycles. The minimum Gasteiger partial charge on any atom is -0.496 e. The maximum absolute atomic E-state index is 13.2. The summed E-state index contributed by atoms with van der Waals surface area (Å²) in [5, 5.41) is 50.8. The van der Waals surface area contributed by atoms with Gasteiger partial charge in [0.15, 0.2) is 16.3 Å². The van der Waals surface area contributed by atoms with Crippen molar-refractivity contribution in [2.45, 2.75) is 20.3 Å². The normalized spacial score (nSPS) is 12.0. The van der Waals surface area contributed by atoms with E-state index in [2.05, 4.69) is 41.7 Å². The molecule has 1 amide bonds. The number of primary amides is 1. The van der Waals surface area contributed by atoms with E-state index in [1.807, 2.05) is 66.7 Å². The molecular formula is C45H36N10O7S2. The zero-order valence-electron chi connectivity index (χ0n) is 34.3. The molecular weight excluding hydrogens is 857 g/mol. The highest BCUT2D eigenvalue weighted by molar-refractivity contribution is 7.85. The van der Waals surface area contributed by atoms with Crippen LogP contribution in [0, 0.1) is 25.2 Å². The topological polar surface area (TPSA) is 251 Å². The van der Waals surface area contributed by atoms with Crippen LogP contribution in [0.25, 0.3) is 38.6 Å². The zero-order chi connectivity index (χ0) is 45.1. The third kappa shape index (κ3) is 8.60. The summed E-state index contributed by atoms with van der Waals surface area (Å²) in [4.78, 5) is 17.8. The summed E-state index contributed by atoms with van der Waals surface area (Å²) in [7, 11) is -2.68. The molecule has 4 N–H and O–H groups in total. The summed E-state index contributed by atoms with van der Waals surface area (Å²) >= 11 is 1.06. The van der Waals surface area contributed by atoms with Crippen LogP contribution in [0.5, 0.6) is 17.4 Å². The van der Waals surface area contributed by atoms with E-state index in [4.69, 9.17) is 15.2 Å². The van der Waals surface area contributed by atoms with Crippen molar-refractivity contribution in [1.82, 2.24) is 9.38 Å².